The highest BCUT2D eigenvalue weighted by Gasteiger charge is 2.18. The van der Waals surface area contributed by atoms with Gasteiger partial charge in [-0.15, -0.1) is 11.3 Å². The van der Waals surface area contributed by atoms with Gasteiger partial charge in [0.25, 0.3) is 0 Å². The van der Waals surface area contributed by atoms with E-state index in [1.54, 1.807) is 0 Å². The number of anilines is 3. The number of aromatic nitrogens is 1. The van der Waals surface area contributed by atoms with Gasteiger partial charge in [0.1, 0.15) is 0 Å². The molecule has 3 heteroatoms. The van der Waals surface area contributed by atoms with Crippen LogP contribution in [-0.4, -0.2) is 4.57 Å². The lowest BCUT2D eigenvalue weighted by Gasteiger charge is -2.27. The molecule has 0 saturated carbocycles. The summed E-state index contributed by atoms with van der Waals surface area (Å²) < 4.78 is 5.04. The van der Waals surface area contributed by atoms with Gasteiger partial charge in [-0.1, -0.05) is 164 Å². The molecule has 0 aliphatic heterocycles. The molecule has 12 aromatic rings. The van der Waals surface area contributed by atoms with Crippen LogP contribution in [0.15, 0.2) is 231 Å². The molecular formula is C58H38N2S. The number of benzene rings is 10. The lowest BCUT2D eigenvalue weighted by Crippen LogP contribution is -2.10. The van der Waals surface area contributed by atoms with Crippen molar-refractivity contribution in [3.05, 3.63) is 231 Å². The number of hydrogen-bond acceptors (Lipinski definition) is 2. The summed E-state index contributed by atoms with van der Waals surface area (Å²) in [6, 6.07) is 84.2. The molecule has 0 amide bonds. The Labute approximate surface area is 358 Å². The predicted molar refractivity (Wildman–Crippen MR) is 262 cm³/mol. The van der Waals surface area contributed by atoms with E-state index in [0.717, 1.165) is 22.7 Å². The number of para-hydroxylation sites is 2. The monoisotopic (exact) mass is 794 g/mol. The molecule has 2 heterocycles. The normalized spacial score (nSPS) is 11.6. The average molecular weight is 795 g/mol. The first-order valence-electron chi connectivity index (χ1n) is 20.8. The van der Waals surface area contributed by atoms with Gasteiger partial charge in [0, 0.05) is 53.7 Å². The molecular weight excluding hydrogens is 757 g/mol. The molecule has 0 unspecified atom stereocenters. The van der Waals surface area contributed by atoms with E-state index in [9.17, 15) is 0 Å². The lowest BCUT2D eigenvalue weighted by atomic mass is 9.91. The molecule has 10 aromatic carbocycles. The van der Waals surface area contributed by atoms with Crippen molar-refractivity contribution in [1.82, 2.24) is 4.57 Å². The van der Waals surface area contributed by atoms with Gasteiger partial charge in [-0.25, -0.2) is 0 Å². The van der Waals surface area contributed by atoms with Crippen LogP contribution < -0.4 is 4.90 Å². The van der Waals surface area contributed by atoms with Crippen LogP contribution in [0.4, 0.5) is 17.1 Å². The third-order valence-electron chi connectivity index (χ3n) is 12.2. The number of hydrogen-bond donors (Lipinski definition) is 0. The van der Waals surface area contributed by atoms with E-state index >= 15 is 0 Å². The van der Waals surface area contributed by atoms with Gasteiger partial charge in [-0.3, -0.25) is 0 Å². The second-order valence-electron chi connectivity index (χ2n) is 15.7. The predicted octanol–water partition coefficient (Wildman–Crippen LogP) is 16.8. The smallest absolute Gasteiger partial charge is 0.0541 e. The molecule has 0 N–H and O–H groups in total. The summed E-state index contributed by atoms with van der Waals surface area (Å²) in [5, 5.41) is 7.65. The van der Waals surface area contributed by atoms with Crippen LogP contribution in [-0.2, 0) is 0 Å². The van der Waals surface area contributed by atoms with Crippen molar-refractivity contribution in [3.63, 3.8) is 0 Å². The Morgan fingerprint density at radius 2 is 0.869 bits per heavy atom. The molecule has 0 fully saturated rings. The van der Waals surface area contributed by atoms with Crippen LogP contribution in [0.5, 0.6) is 0 Å². The molecule has 0 bridgehead atoms. The number of rotatable bonds is 7. The minimum atomic E-state index is 1.09. The van der Waals surface area contributed by atoms with Crippen LogP contribution in [0.3, 0.4) is 0 Å². The van der Waals surface area contributed by atoms with Crippen LogP contribution in [0.1, 0.15) is 0 Å². The third kappa shape index (κ3) is 6.01. The maximum atomic E-state index is 2.40. The van der Waals surface area contributed by atoms with Crippen LogP contribution >= 0.6 is 11.3 Å². The van der Waals surface area contributed by atoms with E-state index in [0.29, 0.717) is 0 Å². The summed E-state index contributed by atoms with van der Waals surface area (Å²) in [6.07, 6.45) is 0. The van der Waals surface area contributed by atoms with Crippen molar-refractivity contribution in [3.8, 4) is 39.1 Å². The second-order valence-corrected chi connectivity index (χ2v) is 16.8. The zero-order chi connectivity index (χ0) is 40.3. The summed E-state index contributed by atoms with van der Waals surface area (Å²) in [5.74, 6) is 0. The minimum Gasteiger partial charge on any atom is -0.310 e. The standard InChI is InChI=1S/C58H38N2S/c1-2-13-40(14-3-1)48-22-10-15-42-16-11-23-49(58(42)48)41-29-34-45(35-30-41)59(44-32-27-39(28-33-44)43-31-36-53-52-21-6-9-26-56(52)61-57(53)37-43)46-17-12-18-47(38-46)60-54-24-7-4-19-50(54)51-20-5-8-25-55(51)60/h1-38H. The van der Waals surface area contributed by atoms with Gasteiger partial charge >= 0.3 is 0 Å². The average Bonchev–Trinajstić information content (AvgIpc) is 3.88. The van der Waals surface area contributed by atoms with E-state index in [1.165, 1.54) is 86.1 Å². The molecule has 0 aliphatic carbocycles. The van der Waals surface area contributed by atoms with E-state index < -0.39 is 0 Å². The first kappa shape index (κ1) is 35.2. The van der Waals surface area contributed by atoms with Crippen molar-refractivity contribution in [2.24, 2.45) is 0 Å². The first-order valence-corrected chi connectivity index (χ1v) is 21.6. The summed E-state index contributed by atoms with van der Waals surface area (Å²) >= 11 is 1.86. The first-order chi connectivity index (χ1) is 30.2. The molecule has 0 spiro atoms. The Morgan fingerprint density at radius 3 is 1.56 bits per heavy atom. The van der Waals surface area contributed by atoms with E-state index in [-0.39, 0.29) is 0 Å². The van der Waals surface area contributed by atoms with Crippen LogP contribution in [0, 0.1) is 0 Å². The molecule has 2 nitrogen and oxygen atoms in total. The van der Waals surface area contributed by atoms with Gasteiger partial charge in [0.15, 0.2) is 0 Å². The highest BCUT2D eigenvalue weighted by Crippen LogP contribution is 2.42. The minimum absolute atomic E-state index is 1.09. The van der Waals surface area contributed by atoms with Crippen molar-refractivity contribution >= 4 is 81.1 Å². The molecule has 286 valence electrons. The van der Waals surface area contributed by atoms with Gasteiger partial charge in [0.2, 0.25) is 0 Å². The Bertz CT molecular complexity index is 3520. The zero-order valence-electron chi connectivity index (χ0n) is 33.2. The molecule has 2 aromatic heterocycles. The van der Waals surface area contributed by atoms with E-state index in [2.05, 4.69) is 240 Å². The summed E-state index contributed by atoms with van der Waals surface area (Å²) in [7, 11) is 0. The van der Waals surface area contributed by atoms with Crippen LogP contribution in [0.25, 0.3) is 91.8 Å². The summed E-state index contributed by atoms with van der Waals surface area (Å²) in [6.45, 7) is 0. The van der Waals surface area contributed by atoms with Crippen molar-refractivity contribution in [1.29, 1.82) is 0 Å². The second kappa shape index (κ2) is 14.5. The summed E-state index contributed by atoms with van der Waals surface area (Å²) in [5.41, 5.74) is 14.1. The van der Waals surface area contributed by atoms with E-state index in [4.69, 9.17) is 0 Å². The van der Waals surface area contributed by atoms with Gasteiger partial charge in [0.05, 0.1) is 11.0 Å². The molecule has 0 saturated heterocycles. The fourth-order valence-electron chi connectivity index (χ4n) is 9.36. The van der Waals surface area contributed by atoms with Crippen LogP contribution in [0.2, 0.25) is 0 Å². The Morgan fingerprint density at radius 1 is 0.328 bits per heavy atom. The molecule has 0 aliphatic rings. The molecule has 0 atom stereocenters. The Kier molecular flexibility index (Phi) is 8.39. The lowest BCUT2D eigenvalue weighted by molar-refractivity contribution is 1.17. The third-order valence-corrected chi connectivity index (χ3v) is 13.3. The summed E-state index contributed by atoms with van der Waals surface area (Å²) in [4.78, 5) is 2.39. The number of thiophene rings is 1. The molecule has 61 heavy (non-hydrogen) atoms. The number of fused-ring (bicyclic) bond motifs is 7. The van der Waals surface area contributed by atoms with Crippen molar-refractivity contribution in [2.75, 3.05) is 4.90 Å². The van der Waals surface area contributed by atoms with Gasteiger partial charge in [-0.2, -0.15) is 0 Å². The Balaban J connectivity index is 0.986. The highest BCUT2D eigenvalue weighted by atomic mass is 32.1. The van der Waals surface area contributed by atoms with Gasteiger partial charge < -0.3 is 9.47 Å². The maximum Gasteiger partial charge on any atom is 0.0541 e. The van der Waals surface area contributed by atoms with Crippen molar-refractivity contribution < 1.29 is 0 Å². The van der Waals surface area contributed by atoms with Crippen molar-refractivity contribution in [2.45, 2.75) is 0 Å². The quantitative estimate of drug-likeness (QED) is 0.156. The SMILES string of the molecule is c1ccc(-c2cccc3cccc(-c4ccc(N(c5ccc(-c6ccc7c(c6)sc6ccccc67)cc5)c5cccc(-n6c7ccccc7c7ccccc76)c5)cc4)c23)cc1. The van der Waals surface area contributed by atoms with E-state index in [1.807, 2.05) is 11.3 Å². The largest absolute Gasteiger partial charge is 0.310 e. The maximum absolute atomic E-state index is 2.40. The topological polar surface area (TPSA) is 8.17 Å². The Hall–Kier alpha value is -7.72. The zero-order valence-corrected chi connectivity index (χ0v) is 34.1. The number of nitrogens with zero attached hydrogens (tertiary/aromatic N) is 2. The fraction of sp³-hybridized carbons (Fsp3) is 0. The molecule has 12 rings (SSSR count). The van der Waals surface area contributed by atoms with Gasteiger partial charge in [-0.05, 0) is 111 Å². The molecule has 0 radical (unpaired) electrons. The fourth-order valence-corrected chi connectivity index (χ4v) is 10.5. The highest BCUT2D eigenvalue weighted by molar-refractivity contribution is 7.25.